The summed E-state index contributed by atoms with van der Waals surface area (Å²) in [5.41, 5.74) is 1.92. The summed E-state index contributed by atoms with van der Waals surface area (Å²) < 4.78 is 23.0. The van der Waals surface area contributed by atoms with Crippen molar-refractivity contribution in [2.24, 2.45) is 0 Å². The van der Waals surface area contributed by atoms with Crippen LogP contribution in [0.25, 0.3) is 16.9 Å². The van der Waals surface area contributed by atoms with Gasteiger partial charge in [-0.1, -0.05) is 30.2 Å². The van der Waals surface area contributed by atoms with E-state index in [4.69, 9.17) is 25.4 Å². The van der Waals surface area contributed by atoms with E-state index in [0.29, 0.717) is 35.8 Å². The molecule has 1 heterocycles. The SMILES string of the molecule is C#CCOc1c(CC=C)cc(-c2nn(-c3ccccc3)c(C(=O)OC)c2C(=O)OC)cc1OCC. The number of rotatable bonds is 10. The van der Waals surface area contributed by atoms with Crippen molar-refractivity contribution in [3.05, 3.63) is 71.9 Å². The molecule has 0 aliphatic rings. The number of carbonyl (C=O) groups is 2. The number of hydrogen-bond acceptors (Lipinski definition) is 7. The molecule has 2 aromatic carbocycles. The lowest BCUT2D eigenvalue weighted by molar-refractivity contribution is 0.0549. The van der Waals surface area contributed by atoms with Gasteiger partial charge in [0.2, 0.25) is 0 Å². The Labute approximate surface area is 204 Å². The summed E-state index contributed by atoms with van der Waals surface area (Å²) in [6.45, 7) is 6.06. The molecule has 0 saturated carbocycles. The highest BCUT2D eigenvalue weighted by Crippen LogP contribution is 2.39. The fourth-order valence-corrected chi connectivity index (χ4v) is 3.60. The Bertz CT molecular complexity index is 1270. The van der Waals surface area contributed by atoms with Crippen molar-refractivity contribution in [3.8, 4) is 40.8 Å². The van der Waals surface area contributed by atoms with E-state index >= 15 is 0 Å². The average Bonchev–Trinajstić information content (AvgIpc) is 3.29. The number of carbonyl (C=O) groups excluding carboxylic acids is 2. The normalized spacial score (nSPS) is 10.2. The molecule has 8 nitrogen and oxygen atoms in total. The maximum absolute atomic E-state index is 12.9. The standard InChI is InChI=1S/C27H26N2O6/c1-6-12-18-16-19(17-21(34-8-3)25(18)35-15-7-2)23-22(26(30)32-4)24(27(31)33-5)29(28-23)20-13-10-9-11-14-20/h2,6,9-11,13-14,16-17H,1,8,12,15H2,3-5H3. The number of terminal acetylenes is 1. The van der Waals surface area contributed by atoms with Crippen molar-refractivity contribution in [1.82, 2.24) is 9.78 Å². The number of aromatic nitrogens is 2. The summed E-state index contributed by atoms with van der Waals surface area (Å²) in [6.07, 6.45) is 7.53. The van der Waals surface area contributed by atoms with Crippen molar-refractivity contribution in [1.29, 1.82) is 0 Å². The summed E-state index contributed by atoms with van der Waals surface area (Å²) in [4.78, 5) is 25.8. The Morgan fingerprint density at radius 3 is 2.43 bits per heavy atom. The van der Waals surface area contributed by atoms with Gasteiger partial charge in [0.15, 0.2) is 17.2 Å². The predicted molar refractivity (Wildman–Crippen MR) is 131 cm³/mol. The molecule has 1 aromatic heterocycles. The summed E-state index contributed by atoms with van der Waals surface area (Å²) in [7, 11) is 2.47. The van der Waals surface area contributed by atoms with Gasteiger partial charge in [-0.3, -0.25) is 0 Å². The monoisotopic (exact) mass is 474 g/mol. The van der Waals surface area contributed by atoms with E-state index in [1.165, 1.54) is 18.9 Å². The van der Waals surface area contributed by atoms with Crippen LogP contribution in [-0.4, -0.2) is 49.2 Å². The first-order valence-electron chi connectivity index (χ1n) is 10.8. The Balaban J connectivity index is 2.37. The summed E-state index contributed by atoms with van der Waals surface area (Å²) in [6, 6.07) is 12.4. The highest BCUT2D eigenvalue weighted by molar-refractivity contribution is 6.07. The molecule has 180 valence electrons. The quantitative estimate of drug-likeness (QED) is 0.247. The van der Waals surface area contributed by atoms with Crippen LogP contribution >= 0.6 is 0 Å². The third-order valence-corrected chi connectivity index (χ3v) is 5.02. The van der Waals surface area contributed by atoms with E-state index in [-0.39, 0.29) is 23.6 Å². The number of para-hydroxylation sites is 1. The van der Waals surface area contributed by atoms with Crippen molar-refractivity contribution in [2.45, 2.75) is 13.3 Å². The molecule has 8 heteroatoms. The summed E-state index contributed by atoms with van der Waals surface area (Å²) in [5, 5.41) is 4.64. The fraction of sp³-hybridized carbons (Fsp3) is 0.222. The summed E-state index contributed by atoms with van der Waals surface area (Å²) in [5.74, 6) is 1.87. The van der Waals surface area contributed by atoms with Gasteiger partial charge in [-0.05, 0) is 37.6 Å². The number of hydrogen-bond donors (Lipinski definition) is 0. The van der Waals surface area contributed by atoms with Crippen molar-refractivity contribution >= 4 is 11.9 Å². The van der Waals surface area contributed by atoms with Crippen LogP contribution in [-0.2, 0) is 15.9 Å². The number of methoxy groups -OCH3 is 2. The maximum Gasteiger partial charge on any atom is 0.357 e. The Morgan fingerprint density at radius 2 is 1.83 bits per heavy atom. The third kappa shape index (κ3) is 5.20. The zero-order valence-corrected chi connectivity index (χ0v) is 19.9. The van der Waals surface area contributed by atoms with Gasteiger partial charge in [0.05, 0.1) is 26.5 Å². The van der Waals surface area contributed by atoms with Crippen LogP contribution in [0.3, 0.4) is 0 Å². The molecule has 0 fully saturated rings. The maximum atomic E-state index is 12.9. The fourth-order valence-electron chi connectivity index (χ4n) is 3.60. The van der Waals surface area contributed by atoms with Crippen LogP contribution in [0.5, 0.6) is 11.5 Å². The first-order valence-corrected chi connectivity index (χ1v) is 10.8. The Hall–Kier alpha value is -4.51. The van der Waals surface area contributed by atoms with E-state index in [9.17, 15) is 9.59 Å². The summed E-state index contributed by atoms with van der Waals surface area (Å²) >= 11 is 0. The smallest absolute Gasteiger partial charge is 0.357 e. The van der Waals surface area contributed by atoms with Gasteiger partial charge in [-0.25, -0.2) is 14.3 Å². The molecule has 0 radical (unpaired) electrons. The van der Waals surface area contributed by atoms with Crippen molar-refractivity contribution < 1.29 is 28.5 Å². The van der Waals surface area contributed by atoms with E-state index in [2.05, 4.69) is 17.6 Å². The van der Waals surface area contributed by atoms with Crippen molar-refractivity contribution in [3.63, 3.8) is 0 Å². The molecule has 0 saturated heterocycles. The number of esters is 2. The topological polar surface area (TPSA) is 88.9 Å². The van der Waals surface area contributed by atoms with Gasteiger partial charge in [0, 0.05) is 11.1 Å². The molecular weight excluding hydrogens is 448 g/mol. The zero-order valence-electron chi connectivity index (χ0n) is 19.9. The molecule has 0 amide bonds. The first-order chi connectivity index (χ1) is 17.0. The third-order valence-electron chi connectivity index (χ3n) is 5.02. The van der Waals surface area contributed by atoms with Gasteiger partial charge in [0.25, 0.3) is 0 Å². The van der Waals surface area contributed by atoms with E-state index < -0.39 is 11.9 Å². The molecular formula is C27H26N2O6. The highest BCUT2D eigenvalue weighted by atomic mass is 16.5. The zero-order chi connectivity index (χ0) is 25.4. The van der Waals surface area contributed by atoms with Gasteiger partial charge >= 0.3 is 11.9 Å². The van der Waals surface area contributed by atoms with Gasteiger partial charge in [-0.15, -0.1) is 13.0 Å². The Kier molecular flexibility index (Phi) is 8.30. The minimum Gasteiger partial charge on any atom is -0.490 e. The Morgan fingerprint density at radius 1 is 1.11 bits per heavy atom. The van der Waals surface area contributed by atoms with Crippen molar-refractivity contribution in [2.75, 3.05) is 27.4 Å². The number of allylic oxidation sites excluding steroid dienone is 1. The largest absolute Gasteiger partial charge is 0.490 e. The molecule has 0 unspecified atom stereocenters. The molecule has 0 bridgehead atoms. The lowest BCUT2D eigenvalue weighted by Crippen LogP contribution is -2.15. The first kappa shape index (κ1) is 25.1. The molecule has 3 rings (SSSR count). The molecule has 0 atom stereocenters. The molecule has 0 N–H and O–H groups in total. The number of nitrogens with zero attached hydrogens (tertiary/aromatic N) is 2. The number of ether oxygens (including phenoxy) is 4. The number of benzene rings is 2. The molecule has 0 aliphatic carbocycles. The lowest BCUT2D eigenvalue weighted by atomic mass is 10.00. The second kappa shape index (κ2) is 11.6. The predicted octanol–water partition coefficient (Wildman–Crippen LogP) is 4.25. The molecule has 35 heavy (non-hydrogen) atoms. The van der Waals surface area contributed by atoms with Crippen LogP contribution in [0.15, 0.2) is 55.1 Å². The van der Waals surface area contributed by atoms with E-state index in [1.807, 2.05) is 13.0 Å². The lowest BCUT2D eigenvalue weighted by Gasteiger charge is -2.16. The van der Waals surface area contributed by atoms with Crippen LogP contribution < -0.4 is 9.47 Å². The second-order valence-corrected chi connectivity index (χ2v) is 7.18. The van der Waals surface area contributed by atoms with Gasteiger partial charge in [-0.2, -0.15) is 5.10 Å². The van der Waals surface area contributed by atoms with Gasteiger partial charge in [0.1, 0.15) is 17.9 Å². The molecule has 0 spiro atoms. The average molecular weight is 475 g/mol. The van der Waals surface area contributed by atoms with Crippen LogP contribution in [0.4, 0.5) is 0 Å². The highest BCUT2D eigenvalue weighted by Gasteiger charge is 2.32. The van der Waals surface area contributed by atoms with E-state index in [1.54, 1.807) is 42.5 Å². The van der Waals surface area contributed by atoms with Crippen LogP contribution in [0.2, 0.25) is 0 Å². The molecule has 3 aromatic rings. The van der Waals surface area contributed by atoms with E-state index in [0.717, 1.165) is 5.56 Å². The van der Waals surface area contributed by atoms with Crippen LogP contribution in [0, 0.1) is 12.3 Å². The second-order valence-electron chi connectivity index (χ2n) is 7.18. The minimum absolute atomic E-state index is 0.0347. The minimum atomic E-state index is -0.738. The molecule has 0 aliphatic heterocycles. The van der Waals surface area contributed by atoms with Crippen LogP contribution in [0.1, 0.15) is 33.3 Å². The van der Waals surface area contributed by atoms with Gasteiger partial charge < -0.3 is 18.9 Å².